The van der Waals surface area contributed by atoms with Gasteiger partial charge in [-0.3, -0.25) is 4.79 Å². The number of hydrogen-bond donors (Lipinski definition) is 1. The van der Waals surface area contributed by atoms with Crippen LogP contribution < -0.4 is 0 Å². The molecule has 0 saturated carbocycles. The van der Waals surface area contributed by atoms with Gasteiger partial charge in [0.15, 0.2) is 5.60 Å². The van der Waals surface area contributed by atoms with Crippen molar-refractivity contribution < 1.29 is 24.2 Å². The smallest absolute Gasteiger partial charge is 0.334 e. The Labute approximate surface area is 151 Å². The first-order chi connectivity index (χ1) is 12.1. The van der Waals surface area contributed by atoms with E-state index in [1.807, 2.05) is 6.08 Å². The number of rotatable bonds is 13. The Bertz CT molecular complexity index is 443. The van der Waals surface area contributed by atoms with Crippen molar-refractivity contribution in [3.63, 3.8) is 0 Å². The van der Waals surface area contributed by atoms with E-state index in [2.05, 4.69) is 13.8 Å². The van der Waals surface area contributed by atoms with Crippen LogP contribution in [0.5, 0.6) is 0 Å². The minimum absolute atomic E-state index is 0.0744. The zero-order chi connectivity index (χ0) is 18.5. The second kappa shape index (κ2) is 12.1. The van der Waals surface area contributed by atoms with Crippen molar-refractivity contribution in [3.8, 4) is 0 Å². The summed E-state index contributed by atoms with van der Waals surface area (Å²) >= 11 is 0. The molecule has 1 heterocycles. The van der Waals surface area contributed by atoms with E-state index in [-0.39, 0.29) is 19.2 Å². The molecule has 25 heavy (non-hydrogen) atoms. The predicted octanol–water partition coefficient (Wildman–Crippen LogP) is 4.07. The number of aliphatic hydroxyl groups is 1. The predicted molar refractivity (Wildman–Crippen MR) is 97.1 cm³/mol. The number of allylic oxidation sites excluding steroid dienone is 1. The topological polar surface area (TPSA) is 72.8 Å². The van der Waals surface area contributed by atoms with Gasteiger partial charge in [-0.2, -0.15) is 0 Å². The molecule has 1 aliphatic heterocycles. The Morgan fingerprint density at radius 2 is 1.84 bits per heavy atom. The minimum Gasteiger partial charge on any atom is -0.461 e. The molecule has 0 radical (unpaired) electrons. The molecule has 1 aliphatic rings. The number of hydrogen-bond acceptors (Lipinski definition) is 5. The second-order valence-corrected chi connectivity index (χ2v) is 6.96. The fraction of sp³-hybridized carbons (Fsp3) is 0.800. The van der Waals surface area contributed by atoms with Crippen LogP contribution in [0.4, 0.5) is 0 Å². The third kappa shape index (κ3) is 8.04. The molecule has 0 aromatic rings. The highest BCUT2D eigenvalue weighted by atomic mass is 16.6. The highest BCUT2D eigenvalue weighted by molar-refractivity contribution is 5.91. The first-order valence-corrected chi connectivity index (χ1v) is 9.75. The van der Waals surface area contributed by atoms with Gasteiger partial charge in [0.05, 0.1) is 6.61 Å². The summed E-state index contributed by atoms with van der Waals surface area (Å²) in [5, 5.41) is 9.66. The van der Waals surface area contributed by atoms with Gasteiger partial charge in [-0.05, 0) is 19.3 Å². The maximum Gasteiger partial charge on any atom is 0.334 e. The van der Waals surface area contributed by atoms with E-state index < -0.39 is 11.6 Å². The Morgan fingerprint density at radius 3 is 2.48 bits per heavy atom. The van der Waals surface area contributed by atoms with Gasteiger partial charge in [0.1, 0.15) is 6.61 Å². The van der Waals surface area contributed by atoms with Gasteiger partial charge in [0.25, 0.3) is 0 Å². The molecule has 0 amide bonds. The van der Waals surface area contributed by atoms with Crippen LogP contribution in [-0.4, -0.2) is 35.9 Å². The van der Waals surface area contributed by atoms with Gasteiger partial charge in [0, 0.05) is 18.4 Å². The molecule has 0 aromatic carbocycles. The van der Waals surface area contributed by atoms with Gasteiger partial charge in [-0.25, -0.2) is 4.79 Å². The Kier molecular flexibility index (Phi) is 10.5. The lowest BCUT2D eigenvalue weighted by Gasteiger charge is -2.24. The number of cyclic esters (lactones) is 1. The zero-order valence-corrected chi connectivity index (χ0v) is 15.8. The second-order valence-electron chi connectivity index (χ2n) is 6.96. The van der Waals surface area contributed by atoms with E-state index in [4.69, 9.17) is 9.47 Å². The van der Waals surface area contributed by atoms with Crippen LogP contribution in [0.1, 0.15) is 84.5 Å². The van der Waals surface area contributed by atoms with Gasteiger partial charge in [-0.1, -0.05) is 58.4 Å². The van der Waals surface area contributed by atoms with Crippen molar-refractivity contribution in [2.45, 2.75) is 90.1 Å². The number of ether oxygens (including phenoxy) is 2. The van der Waals surface area contributed by atoms with Crippen molar-refractivity contribution in [3.05, 3.63) is 11.6 Å². The van der Waals surface area contributed by atoms with Crippen molar-refractivity contribution >= 4 is 11.9 Å². The maximum absolute atomic E-state index is 12.0. The minimum atomic E-state index is -1.11. The third-order valence-electron chi connectivity index (χ3n) is 4.55. The van der Waals surface area contributed by atoms with Gasteiger partial charge >= 0.3 is 11.9 Å². The highest BCUT2D eigenvalue weighted by Gasteiger charge is 2.44. The van der Waals surface area contributed by atoms with Crippen LogP contribution in [0.2, 0.25) is 0 Å². The van der Waals surface area contributed by atoms with E-state index in [9.17, 15) is 14.7 Å². The molecular formula is C20H34O5. The first-order valence-electron chi connectivity index (χ1n) is 9.75. The molecule has 1 rings (SSSR count). The average Bonchev–Trinajstić information content (AvgIpc) is 2.93. The summed E-state index contributed by atoms with van der Waals surface area (Å²) < 4.78 is 10.6. The molecule has 5 nitrogen and oxygen atoms in total. The first kappa shape index (κ1) is 21.7. The molecule has 1 N–H and O–H groups in total. The number of esters is 2. The summed E-state index contributed by atoms with van der Waals surface area (Å²) in [6.45, 7) is 3.87. The van der Waals surface area contributed by atoms with Crippen LogP contribution in [0.3, 0.4) is 0 Å². The number of carbonyl (C=O) groups is 2. The average molecular weight is 354 g/mol. The summed E-state index contributed by atoms with van der Waals surface area (Å²) in [5.41, 5.74) is -0.518. The van der Waals surface area contributed by atoms with E-state index in [0.29, 0.717) is 18.4 Å². The standard InChI is InChI=1S/C20H34O5/c1-3-5-7-9-10-12-17-14-20(15-21,25-19(17)23)16-24-18(22)13-11-8-6-4-2/h12,21H,3-11,13-16H2,1-2H3/b17-12+. The molecule has 1 atom stereocenters. The summed E-state index contributed by atoms with van der Waals surface area (Å²) in [6, 6.07) is 0. The summed E-state index contributed by atoms with van der Waals surface area (Å²) in [7, 11) is 0. The molecule has 144 valence electrons. The molecule has 0 bridgehead atoms. The van der Waals surface area contributed by atoms with Crippen LogP contribution in [-0.2, 0) is 19.1 Å². The van der Waals surface area contributed by atoms with Gasteiger partial charge in [0.2, 0.25) is 0 Å². The lowest BCUT2D eigenvalue weighted by atomic mass is 9.98. The summed E-state index contributed by atoms with van der Waals surface area (Å²) in [5.74, 6) is -0.694. The fourth-order valence-electron chi connectivity index (χ4n) is 2.92. The SMILES string of the molecule is CCCCCC/C=C1\CC(CO)(COC(=O)CCCCCC)OC1=O. The van der Waals surface area contributed by atoms with Crippen LogP contribution >= 0.6 is 0 Å². The van der Waals surface area contributed by atoms with Gasteiger partial charge in [-0.15, -0.1) is 0 Å². The lowest BCUT2D eigenvalue weighted by molar-refractivity contribution is -0.166. The van der Waals surface area contributed by atoms with Crippen LogP contribution in [0.15, 0.2) is 11.6 Å². The Hall–Kier alpha value is -1.36. The molecule has 1 saturated heterocycles. The number of carbonyl (C=O) groups excluding carboxylic acids is 2. The fourth-order valence-corrected chi connectivity index (χ4v) is 2.92. The summed E-state index contributed by atoms with van der Waals surface area (Å²) in [4.78, 5) is 23.8. The molecule has 1 fully saturated rings. The zero-order valence-electron chi connectivity index (χ0n) is 15.8. The molecule has 5 heteroatoms. The molecule has 0 aliphatic carbocycles. The highest BCUT2D eigenvalue weighted by Crippen LogP contribution is 2.31. The Balaban J connectivity index is 2.41. The normalized spacial score (nSPS) is 21.6. The van der Waals surface area contributed by atoms with Crippen LogP contribution in [0.25, 0.3) is 0 Å². The van der Waals surface area contributed by atoms with E-state index in [1.54, 1.807) is 0 Å². The largest absolute Gasteiger partial charge is 0.461 e. The molecular weight excluding hydrogens is 320 g/mol. The van der Waals surface area contributed by atoms with Crippen molar-refractivity contribution in [2.75, 3.05) is 13.2 Å². The van der Waals surface area contributed by atoms with E-state index in [1.165, 1.54) is 12.8 Å². The van der Waals surface area contributed by atoms with Crippen LogP contribution in [0, 0.1) is 0 Å². The van der Waals surface area contributed by atoms with Gasteiger partial charge < -0.3 is 14.6 Å². The molecule has 0 spiro atoms. The Morgan fingerprint density at radius 1 is 1.16 bits per heavy atom. The molecule has 1 unspecified atom stereocenters. The monoisotopic (exact) mass is 354 g/mol. The van der Waals surface area contributed by atoms with Crippen molar-refractivity contribution in [1.82, 2.24) is 0 Å². The number of unbranched alkanes of at least 4 members (excludes halogenated alkanes) is 7. The quantitative estimate of drug-likeness (QED) is 0.306. The number of aliphatic hydroxyl groups excluding tert-OH is 1. The van der Waals surface area contributed by atoms with E-state index >= 15 is 0 Å². The van der Waals surface area contributed by atoms with Crippen molar-refractivity contribution in [2.24, 2.45) is 0 Å². The van der Waals surface area contributed by atoms with Crippen molar-refractivity contribution in [1.29, 1.82) is 0 Å². The summed E-state index contributed by atoms with van der Waals surface area (Å²) in [6.07, 6.45) is 12.0. The maximum atomic E-state index is 12.0. The molecule has 0 aromatic heterocycles. The lowest BCUT2D eigenvalue weighted by Crippen LogP contribution is -2.39. The van der Waals surface area contributed by atoms with E-state index in [0.717, 1.165) is 44.9 Å². The third-order valence-corrected chi connectivity index (χ3v) is 4.55.